The molecule has 0 heterocycles. The van der Waals surface area contributed by atoms with E-state index in [-0.39, 0.29) is 6.16 Å². The molecule has 82 valence electrons. The zero-order valence-corrected chi connectivity index (χ0v) is 9.67. The van der Waals surface area contributed by atoms with Crippen LogP contribution in [0.5, 0.6) is 0 Å². The van der Waals surface area contributed by atoms with Crippen LogP contribution in [-0.2, 0) is 23.1 Å². The number of rotatable bonds is 5. The van der Waals surface area contributed by atoms with Gasteiger partial charge in [-0.25, -0.2) is 4.79 Å². The SMILES string of the molecule is COC(=O)C(C)=CCP(=O)(OC)OC. The first kappa shape index (κ1) is 13.4. The number of esters is 1. The predicted octanol–water partition coefficient (Wildman–Crippen LogP) is 1.59. The Morgan fingerprint density at radius 1 is 1.29 bits per heavy atom. The third kappa shape index (κ3) is 4.05. The molecule has 0 saturated heterocycles. The molecule has 0 unspecified atom stereocenters. The first-order valence-electron chi connectivity index (χ1n) is 3.94. The van der Waals surface area contributed by atoms with Gasteiger partial charge in [-0.3, -0.25) is 4.57 Å². The van der Waals surface area contributed by atoms with Crippen LogP contribution in [0.2, 0.25) is 0 Å². The van der Waals surface area contributed by atoms with E-state index in [0.29, 0.717) is 5.57 Å². The largest absolute Gasteiger partial charge is 0.466 e. The zero-order valence-electron chi connectivity index (χ0n) is 8.77. The highest BCUT2D eigenvalue weighted by Crippen LogP contribution is 2.46. The fourth-order valence-corrected chi connectivity index (χ4v) is 1.66. The maximum Gasteiger partial charge on any atom is 0.333 e. The predicted molar refractivity (Wildman–Crippen MR) is 52.3 cm³/mol. The molecule has 0 saturated carbocycles. The molecule has 0 bridgehead atoms. The summed E-state index contributed by atoms with van der Waals surface area (Å²) in [6.45, 7) is 1.57. The van der Waals surface area contributed by atoms with Gasteiger partial charge < -0.3 is 13.8 Å². The Kier molecular flexibility index (Phi) is 5.69. The molecule has 5 nitrogen and oxygen atoms in total. The summed E-state index contributed by atoms with van der Waals surface area (Å²) in [5.41, 5.74) is 0.377. The van der Waals surface area contributed by atoms with Crippen LogP contribution in [0.3, 0.4) is 0 Å². The van der Waals surface area contributed by atoms with Crippen LogP contribution in [-0.4, -0.2) is 33.5 Å². The molecular weight excluding hydrogens is 207 g/mol. The third-order valence-corrected chi connectivity index (χ3v) is 3.43. The smallest absolute Gasteiger partial charge is 0.333 e. The molecule has 0 fully saturated rings. The molecule has 0 aliphatic rings. The Morgan fingerprint density at radius 2 is 1.79 bits per heavy atom. The van der Waals surface area contributed by atoms with E-state index >= 15 is 0 Å². The summed E-state index contributed by atoms with van der Waals surface area (Å²) in [4.78, 5) is 10.9. The average molecular weight is 222 g/mol. The van der Waals surface area contributed by atoms with Gasteiger partial charge in [0.1, 0.15) is 0 Å². The van der Waals surface area contributed by atoms with Crippen LogP contribution in [0, 0.1) is 0 Å². The number of methoxy groups -OCH3 is 1. The van der Waals surface area contributed by atoms with Gasteiger partial charge in [-0.2, -0.15) is 0 Å². The van der Waals surface area contributed by atoms with E-state index in [0.717, 1.165) is 0 Å². The molecule has 0 aromatic heterocycles. The van der Waals surface area contributed by atoms with Gasteiger partial charge in [0.15, 0.2) is 0 Å². The van der Waals surface area contributed by atoms with Gasteiger partial charge in [0.25, 0.3) is 0 Å². The molecule has 0 atom stereocenters. The van der Waals surface area contributed by atoms with E-state index < -0.39 is 13.6 Å². The van der Waals surface area contributed by atoms with Crippen LogP contribution in [0.15, 0.2) is 11.6 Å². The summed E-state index contributed by atoms with van der Waals surface area (Å²) in [6.07, 6.45) is 1.53. The third-order valence-electron chi connectivity index (χ3n) is 1.68. The summed E-state index contributed by atoms with van der Waals surface area (Å²) < 4.78 is 25.4. The quantitative estimate of drug-likeness (QED) is 0.401. The average Bonchev–Trinajstić information content (AvgIpc) is 2.24. The van der Waals surface area contributed by atoms with Crippen molar-refractivity contribution >= 4 is 13.6 Å². The van der Waals surface area contributed by atoms with Gasteiger partial charge >= 0.3 is 13.6 Å². The minimum atomic E-state index is -3.07. The standard InChI is InChI=1S/C8H15O5P/c1-7(8(9)11-2)5-6-14(10,12-3)13-4/h5H,6H2,1-4H3. The molecule has 6 heteroatoms. The molecule has 0 rings (SSSR count). The topological polar surface area (TPSA) is 61.8 Å². The minimum Gasteiger partial charge on any atom is -0.466 e. The summed E-state index contributed by atoms with van der Waals surface area (Å²) in [5.74, 6) is -0.455. The van der Waals surface area contributed by atoms with Crippen LogP contribution in [0.1, 0.15) is 6.92 Å². The Labute approximate surface area is 83.6 Å². The molecule has 0 radical (unpaired) electrons. The summed E-state index contributed by atoms with van der Waals surface area (Å²) in [5, 5.41) is 0. The lowest BCUT2D eigenvalue weighted by atomic mass is 10.3. The Hall–Kier alpha value is -0.640. The van der Waals surface area contributed by atoms with Crippen molar-refractivity contribution in [3.8, 4) is 0 Å². The van der Waals surface area contributed by atoms with Crippen LogP contribution in [0.4, 0.5) is 0 Å². The maximum absolute atomic E-state index is 11.5. The first-order valence-corrected chi connectivity index (χ1v) is 5.67. The lowest BCUT2D eigenvalue weighted by Gasteiger charge is -2.11. The molecule has 0 amide bonds. The minimum absolute atomic E-state index is 0.0565. The van der Waals surface area contributed by atoms with Crippen molar-refractivity contribution in [3.63, 3.8) is 0 Å². The number of ether oxygens (including phenoxy) is 1. The van der Waals surface area contributed by atoms with Crippen LogP contribution >= 0.6 is 7.60 Å². The molecule has 0 N–H and O–H groups in total. The fourth-order valence-electron chi connectivity index (χ4n) is 0.717. The maximum atomic E-state index is 11.5. The van der Waals surface area contributed by atoms with Crippen molar-refractivity contribution < 1.29 is 23.1 Å². The van der Waals surface area contributed by atoms with Crippen LogP contribution in [0.25, 0.3) is 0 Å². The number of allylic oxidation sites excluding steroid dienone is 1. The van der Waals surface area contributed by atoms with Crippen molar-refractivity contribution in [2.24, 2.45) is 0 Å². The summed E-state index contributed by atoms with van der Waals surface area (Å²) in [6, 6.07) is 0. The molecular formula is C8H15O5P. The monoisotopic (exact) mass is 222 g/mol. The number of carbonyl (C=O) groups is 1. The van der Waals surface area contributed by atoms with E-state index in [1.165, 1.54) is 27.4 Å². The van der Waals surface area contributed by atoms with E-state index in [1.807, 2.05) is 0 Å². The second kappa shape index (κ2) is 5.96. The highest BCUT2D eigenvalue weighted by atomic mass is 31.2. The van der Waals surface area contributed by atoms with Crippen molar-refractivity contribution in [3.05, 3.63) is 11.6 Å². The Balaban J connectivity index is 4.41. The van der Waals surface area contributed by atoms with E-state index in [1.54, 1.807) is 6.92 Å². The fraction of sp³-hybridized carbons (Fsp3) is 0.625. The van der Waals surface area contributed by atoms with Gasteiger partial charge in [0.05, 0.1) is 13.3 Å². The number of carbonyl (C=O) groups excluding carboxylic acids is 1. The Bertz CT molecular complexity index is 263. The first-order chi connectivity index (χ1) is 6.49. The van der Waals surface area contributed by atoms with Crippen molar-refractivity contribution in [1.82, 2.24) is 0 Å². The molecule has 0 aromatic carbocycles. The molecule has 0 aliphatic carbocycles. The lowest BCUT2D eigenvalue weighted by Crippen LogP contribution is -2.03. The zero-order chi connectivity index (χ0) is 11.2. The normalized spacial score (nSPS) is 12.7. The Morgan fingerprint density at radius 3 is 2.14 bits per heavy atom. The molecule has 14 heavy (non-hydrogen) atoms. The van der Waals surface area contributed by atoms with Gasteiger partial charge in [0.2, 0.25) is 0 Å². The van der Waals surface area contributed by atoms with Crippen molar-refractivity contribution in [2.45, 2.75) is 6.92 Å². The second-order valence-electron chi connectivity index (χ2n) is 2.54. The van der Waals surface area contributed by atoms with Gasteiger partial charge in [-0.15, -0.1) is 0 Å². The molecule has 0 aromatic rings. The molecule has 0 spiro atoms. The van der Waals surface area contributed by atoms with E-state index in [4.69, 9.17) is 0 Å². The van der Waals surface area contributed by atoms with Gasteiger partial charge in [-0.1, -0.05) is 6.08 Å². The number of hydrogen-bond acceptors (Lipinski definition) is 5. The van der Waals surface area contributed by atoms with Crippen molar-refractivity contribution in [1.29, 1.82) is 0 Å². The number of hydrogen-bond donors (Lipinski definition) is 0. The lowest BCUT2D eigenvalue weighted by molar-refractivity contribution is -0.136. The van der Waals surface area contributed by atoms with Crippen LogP contribution < -0.4 is 0 Å². The second-order valence-corrected chi connectivity index (χ2v) is 4.85. The highest BCUT2D eigenvalue weighted by Gasteiger charge is 2.19. The van der Waals surface area contributed by atoms with E-state index in [2.05, 4.69) is 13.8 Å². The van der Waals surface area contributed by atoms with Gasteiger partial charge in [0, 0.05) is 19.8 Å². The summed E-state index contributed by atoms with van der Waals surface area (Å²) in [7, 11) is 0.809. The van der Waals surface area contributed by atoms with Crippen molar-refractivity contribution in [2.75, 3.05) is 27.5 Å². The summed E-state index contributed by atoms with van der Waals surface area (Å²) >= 11 is 0. The highest BCUT2D eigenvalue weighted by molar-refractivity contribution is 7.54. The van der Waals surface area contributed by atoms with Gasteiger partial charge in [-0.05, 0) is 6.92 Å². The molecule has 0 aliphatic heterocycles. The van der Waals surface area contributed by atoms with E-state index in [9.17, 15) is 9.36 Å².